The Balaban J connectivity index is 1.69. The molecule has 0 saturated carbocycles. The van der Waals surface area contributed by atoms with E-state index < -0.39 is 0 Å². The Morgan fingerprint density at radius 1 is 1.53 bits per heavy atom. The Morgan fingerprint density at radius 2 is 2.47 bits per heavy atom. The number of hydrogen-bond acceptors (Lipinski definition) is 3. The van der Waals surface area contributed by atoms with E-state index in [1.807, 2.05) is 12.1 Å². The zero-order valence-electron chi connectivity index (χ0n) is 9.98. The predicted molar refractivity (Wildman–Crippen MR) is 66.8 cm³/mol. The summed E-state index contributed by atoms with van der Waals surface area (Å²) in [6.07, 6.45) is 5.21. The molecule has 1 aromatic heterocycles. The molecular formula is C13H19N3O. The van der Waals surface area contributed by atoms with E-state index in [2.05, 4.69) is 15.6 Å². The summed E-state index contributed by atoms with van der Waals surface area (Å²) in [5.74, 6) is 0.627. The Labute approximate surface area is 102 Å². The van der Waals surface area contributed by atoms with E-state index in [1.54, 1.807) is 12.3 Å². The van der Waals surface area contributed by atoms with E-state index in [1.165, 1.54) is 12.8 Å². The summed E-state index contributed by atoms with van der Waals surface area (Å²) >= 11 is 0. The molecular weight excluding hydrogens is 214 g/mol. The van der Waals surface area contributed by atoms with Gasteiger partial charge in [-0.15, -0.1) is 0 Å². The molecule has 1 aliphatic heterocycles. The molecule has 4 nitrogen and oxygen atoms in total. The summed E-state index contributed by atoms with van der Waals surface area (Å²) in [5, 5.41) is 6.30. The first-order valence-corrected chi connectivity index (χ1v) is 6.26. The fraction of sp³-hybridized carbons (Fsp3) is 0.538. The smallest absolute Gasteiger partial charge is 0.269 e. The van der Waals surface area contributed by atoms with Gasteiger partial charge in [-0.1, -0.05) is 6.07 Å². The van der Waals surface area contributed by atoms with Crippen molar-refractivity contribution < 1.29 is 4.79 Å². The highest BCUT2D eigenvalue weighted by atomic mass is 16.1. The van der Waals surface area contributed by atoms with Crippen LogP contribution < -0.4 is 10.6 Å². The Kier molecular flexibility index (Phi) is 4.50. The minimum atomic E-state index is -0.0747. The van der Waals surface area contributed by atoms with Gasteiger partial charge in [0.15, 0.2) is 0 Å². The van der Waals surface area contributed by atoms with Crippen molar-refractivity contribution in [2.75, 3.05) is 19.6 Å². The van der Waals surface area contributed by atoms with Gasteiger partial charge in [0.1, 0.15) is 5.69 Å². The lowest BCUT2D eigenvalue weighted by molar-refractivity contribution is 0.0945. The predicted octanol–water partition coefficient (Wildman–Crippen LogP) is 1.20. The lowest BCUT2D eigenvalue weighted by atomic mass is 9.96. The van der Waals surface area contributed by atoms with Crippen LogP contribution in [0, 0.1) is 5.92 Å². The van der Waals surface area contributed by atoms with Crippen molar-refractivity contribution in [3.8, 4) is 0 Å². The highest BCUT2D eigenvalue weighted by molar-refractivity contribution is 5.92. The molecule has 17 heavy (non-hydrogen) atoms. The summed E-state index contributed by atoms with van der Waals surface area (Å²) in [6.45, 7) is 2.96. The van der Waals surface area contributed by atoms with Crippen LogP contribution in [0.1, 0.15) is 29.8 Å². The molecule has 2 rings (SSSR count). The van der Waals surface area contributed by atoms with Gasteiger partial charge in [-0.2, -0.15) is 0 Å². The first kappa shape index (κ1) is 12.0. The number of piperidine rings is 1. The highest BCUT2D eigenvalue weighted by Crippen LogP contribution is 2.12. The standard InChI is InChI=1S/C13H19N3O/c17-13(12-5-1-2-8-15-12)16-9-6-11-4-3-7-14-10-11/h1-2,5,8,11,14H,3-4,6-7,9-10H2,(H,16,17). The molecule has 4 heteroatoms. The summed E-state index contributed by atoms with van der Waals surface area (Å²) < 4.78 is 0. The number of carbonyl (C=O) groups is 1. The average molecular weight is 233 g/mol. The molecule has 1 atom stereocenters. The molecule has 0 aromatic carbocycles. The van der Waals surface area contributed by atoms with E-state index in [9.17, 15) is 4.79 Å². The first-order valence-electron chi connectivity index (χ1n) is 6.26. The van der Waals surface area contributed by atoms with Gasteiger partial charge in [0.2, 0.25) is 0 Å². The number of amides is 1. The molecule has 0 radical (unpaired) electrons. The quantitative estimate of drug-likeness (QED) is 0.821. The number of carbonyl (C=O) groups excluding carboxylic acids is 1. The zero-order chi connectivity index (χ0) is 11.9. The number of rotatable bonds is 4. The lowest BCUT2D eigenvalue weighted by Crippen LogP contribution is -2.33. The molecule has 0 spiro atoms. The van der Waals surface area contributed by atoms with Gasteiger partial charge in [-0.25, -0.2) is 0 Å². The highest BCUT2D eigenvalue weighted by Gasteiger charge is 2.13. The molecule has 1 unspecified atom stereocenters. The molecule has 1 saturated heterocycles. The van der Waals surface area contributed by atoms with Gasteiger partial charge in [0.05, 0.1) is 0 Å². The maximum atomic E-state index is 11.7. The van der Waals surface area contributed by atoms with E-state index in [4.69, 9.17) is 0 Å². The van der Waals surface area contributed by atoms with E-state index in [0.29, 0.717) is 11.6 Å². The van der Waals surface area contributed by atoms with Crippen molar-refractivity contribution in [3.63, 3.8) is 0 Å². The molecule has 1 fully saturated rings. The second-order valence-corrected chi connectivity index (χ2v) is 4.47. The molecule has 1 aromatic rings. The molecule has 1 aliphatic rings. The van der Waals surface area contributed by atoms with Crippen LogP contribution in [0.3, 0.4) is 0 Å². The number of hydrogen-bond donors (Lipinski definition) is 2. The van der Waals surface area contributed by atoms with Gasteiger partial charge >= 0.3 is 0 Å². The van der Waals surface area contributed by atoms with Crippen LogP contribution in [0.15, 0.2) is 24.4 Å². The number of aromatic nitrogens is 1. The topological polar surface area (TPSA) is 54.0 Å². The van der Waals surface area contributed by atoms with Crippen molar-refractivity contribution in [1.82, 2.24) is 15.6 Å². The lowest BCUT2D eigenvalue weighted by Gasteiger charge is -2.22. The molecule has 1 amide bonds. The van der Waals surface area contributed by atoms with Crippen molar-refractivity contribution in [2.45, 2.75) is 19.3 Å². The summed E-state index contributed by atoms with van der Waals surface area (Å²) in [5.41, 5.74) is 0.495. The van der Waals surface area contributed by atoms with Crippen LogP contribution >= 0.6 is 0 Å². The van der Waals surface area contributed by atoms with Crippen LogP contribution in [-0.2, 0) is 0 Å². The normalized spacial score (nSPS) is 19.9. The van der Waals surface area contributed by atoms with Crippen molar-refractivity contribution in [3.05, 3.63) is 30.1 Å². The van der Waals surface area contributed by atoms with E-state index >= 15 is 0 Å². The molecule has 2 N–H and O–H groups in total. The first-order chi connectivity index (χ1) is 8.36. The largest absolute Gasteiger partial charge is 0.351 e. The van der Waals surface area contributed by atoms with Crippen LogP contribution in [0.4, 0.5) is 0 Å². The maximum Gasteiger partial charge on any atom is 0.269 e. The molecule has 0 bridgehead atoms. The third-order valence-electron chi connectivity index (χ3n) is 3.13. The minimum Gasteiger partial charge on any atom is -0.351 e. The van der Waals surface area contributed by atoms with E-state index in [-0.39, 0.29) is 5.91 Å². The zero-order valence-corrected chi connectivity index (χ0v) is 9.98. The van der Waals surface area contributed by atoms with Crippen LogP contribution in [0.2, 0.25) is 0 Å². The summed E-state index contributed by atoms with van der Waals surface area (Å²) in [4.78, 5) is 15.7. The van der Waals surface area contributed by atoms with E-state index in [0.717, 1.165) is 26.1 Å². The Bertz CT molecular complexity index is 347. The number of pyridine rings is 1. The molecule has 0 aliphatic carbocycles. The third-order valence-corrected chi connectivity index (χ3v) is 3.13. The average Bonchev–Trinajstić information content (AvgIpc) is 2.41. The maximum absolute atomic E-state index is 11.7. The molecule has 92 valence electrons. The van der Waals surface area contributed by atoms with Crippen LogP contribution in [-0.4, -0.2) is 30.5 Å². The van der Waals surface area contributed by atoms with Crippen molar-refractivity contribution in [2.24, 2.45) is 5.92 Å². The van der Waals surface area contributed by atoms with Crippen molar-refractivity contribution >= 4 is 5.91 Å². The summed E-state index contributed by atoms with van der Waals surface area (Å²) in [7, 11) is 0. The minimum absolute atomic E-state index is 0.0747. The Hall–Kier alpha value is -1.42. The summed E-state index contributed by atoms with van der Waals surface area (Å²) in [6, 6.07) is 5.37. The van der Waals surface area contributed by atoms with Gasteiger partial charge in [-0.05, 0) is 50.4 Å². The van der Waals surface area contributed by atoms with Crippen LogP contribution in [0.5, 0.6) is 0 Å². The van der Waals surface area contributed by atoms with Gasteiger partial charge in [-0.3, -0.25) is 9.78 Å². The monoisotopic (exact) mass is 233 g/mol. The van der Waals surface area contributed by atoms with Gasteiger partial charge < -0.3 is 10.6 Å². The Morgan fingerprint density at radius 3 is 3.18 bits per heavy atom. The second-order valence-electron chi connectivity index (χ2n) is 4.47. The number of nitrogens with one attached hydrogen (secondary N) is 2. The SMILES string of the molecule is O=C(NCCC1CCCNC1)c1ccccn1. The van der Waals surface area contributed by atoms with Crippen molar-refractivity contribution in [1.29, 1.82) is 0 Å². The fourth-order valence-corrected chi connectivity index (χ4v) is 2.15. The third kappa shape index (κ3) is 3.82. The second kappa shape index (κ2) is 6.35. The van der Waals surface area contributed by atoms with Gasteiger partial charge in [0, 0.05) is 12.7 Å². The number of nitrogens with zero attached hydrogens (tertiary/aromatic N) is 1. The van der Waals surface area contributed by atoms with Gasteiger partial charge in [0.25, 0.3) is 5.91 Å². The molecule has 2 heterocycles. The van der Waals surface area contributed by atoms with Crippen LogP contribution in [0.25, 0.3) is 0 Å². The fourth-order valence-electron chi connectivity index (χ4n) is 2.15.